The van der Waals surface area contributed by atoms with E-state index in [1.54, 1.807) is 24.1 Å². The van der Waals surface area contributed by atoms with Crippen LogP contribution in [0, 0.1) is 0 Å². The van der Waals surface area contributed by atoms with Crippen molar-refractivity contribution in [1.29, 1.82) is 0 Å². The van der Waals surface area contributed by atoms with E-state index in [1.807, 2.05) is 6.07 Å². The maximum Gasteiger partial charge on any atom is 0.257 e. The normalized spacial score (nSPS) is 10.6. The highest BCUT2D eigenvalue weighted by atomic mass is 16.5. The topological polar surface area (TPSA) is 89.8 Å². The highest BCUT2D eigenvalue weighted by Crippen LogP contribution is 2.08. The van der Waals surface area contributed by atoms with Crippen LogP contribution in [0.4, 0.5) is 11.9 Å². The Kier molecular flexibility index (Phi) is 5.89. The van der Waals surface area contributed by atoms with Crippen molar-refractivity contribution in [2.24, 2.45) is 0 Å². The standard InChI is InChI=1S/C13H21N7O/c1-3-9-21-10-5-6-15-12-17-11(14-2)18-13(19-12)20-8-4-7-16-20/h4,7-8H,3,5-6,9-10H2,1-2H3,(H2,14,15,17,18,19). The molecule has 0 aliphatic heterocycles. The number of aromatic nitrogens is 5. The Morgan fingerprint density at radius 1 is 1.19 bits per heavy atom. The minimum atomic E-state index is 0.476. The Bertz CT molecular complexity index is 529. The van der Waals surface area contributed by atoms with Crippen molar-refractivity contribution in [3.63, 3.8) is 0 Å². The second kappa shape index (κ2) is 8.15. The van der Waals surface area contributed by atoms with E-state index in [-0.39, 0.29) is 0 Å². The van der Waals surface area contributed by atoms with Gasteiger partial charge in [0, 0.05) is 39.2 Å². The molecule has 0 saturated carbocycles. The minimum absolute atomic E-state index is 0.476. The van der Waals surface area contributed by atoms with Gasteiger partial charge in [-0.05, 0) is 18.9 Å². The summed E-state index contributed by atoms with van der Waals surface area (Å²) in [5, 5.41) is 10.2. The molecule has 0 unspecified atom stereocenters. The van der Waals surface area contributed by atoms with E-state index in [0.29, 0.717) is 17.8 Å². The van der Waals surface area contributed by atoms with Gasteiger partial charge in [-0.25, -0.2) is 4.68 Å². The number of hydrogen-bond donors (Lipinski definition) is 2. The zero-order valence-electron chi connectivity index (χ0n) is 12.4. The van der Waals surface area contributed by atoms with Gasteiger partial charge in [0.2, 0.25) is 11.9 Å². The van der Waals surface area contributed by atoms with E-state index in [1.165, 1.54) is 0 Å². The second-order valence-corrected chi connectivity index (χ2v) is 4.38. The fraction of sp³-hybridized carbons (Fsp3) is 0.538. The molecule has 21 heavy (non-hydrogen) atoms. The van der Waals surface area contributed by atoms with E-state index in [9.17, 15) is 0 Å². The van der Waals surface area contributed by atoms with Crippen LogP contribution in [0.15, 0.2) is 18.5 Å². The molecule has 0 atom stereocenters. The lowest BCUT2D eigenvalue weighted by molar-refractivity contribution is 0.134. The molecule has 2 aromatic heterocycles. The van der Waals surface area contributed by atoms with Crippen LogP contribution >= 0.6 is 0 Å². The monoisotopic (exact) mass is 291 g/mol. The smallest absolute Gasteiger partial charge is 0.257 e. The largest absolute Gasteiger partial charge is 0.381 e. The first-order chi connectivity index (χ1) is 10.3. The Balaban J connectivity index is 1.94. The summed E-state index contributed by atoms with van der Waals surface area (Å²) in [5.74, 6) is 1.50. The SMILES string of the molecule is CCCOCCCNc1nc(NC)nc(-n2cccn2)n1. The zero-order valence-corrected chi connectivity index (χ0v) is 12.4. The van der Waals surface area contributed by atoms with E-state index >= 15 is 0 Å². The summed E-state index contributed by atoms with van der Waals surface area (Å²) in [6.07, 6.45) is 5.41. The van der Waals surface area contributed by atoms with Gasteiger partial charge in [0.05, 0.1) is 0 Å². The van der Waals surface area contributed by atoms with Gasteiger partial charge in [-0.1, -0.05) is 6.92 Å². The van der Waals surface area contributed by atoms with E-state index in [2.05, 4.69) is 37.6 Å². The summed E-state index contributed by atoms with van der Waals surface area (Å²) >= 11 is 0. The number of ether oxygens (including phenoxy) is 1. The molecule has 0 bridgehead atoms. The Morgan fingerprint density at radius 3 is 2.76 bits per heavy atom. The lowest BCUT2D eigenvalue weighted by Gasteiger charge is -2.08. The maximum absolute atomic E-state index is 5.43. The number of nitrogens with zero attached hydrogens (tertiary/aromatic N) is 5. The van der Waals surface area contributed by atoms with Crippen molar-refractivity contribution >= 4 is 11.9 Å². The van der Waals surface area contributed by atoms with E-state index < -0.39 is 0 Å². The molecule has 0 saturated heterocycles. The molecule has 0 spiro atoms. The van der Waals surface area contributed by atoms with Gasteiger partial charge in [-0.3, -0.25) is 0 Å². The van der Waals surface area contributed by atoms with Gasteiger partial charge in [0.15, 0.2) is 0 Å². The van der Waals surface area contributed by atoms with Gasteiger partial charge in [-0.2, -0.15) is 20.1 Å². The lowest BCUT2D eigenvalue weighted by atomic mass is 10.4. The summed E-state index contributed by atoms with van der Waals surface area (Å²) in [5.41, 5.74) is 0. The fourth-order valence-corrected chi connectivity index (χ4v) is 1.67. The van der Waals surface area contributed by atoms with Gasteiger partial charge in [-0.15, -0.1) is 0 Å². The number of nitrogens with one attached hydrogen (secondary N) is 2. The van der Waals surface area contributed by atoms with E-state index in [4.69, 9.17) is 4.74 Å². The van der Waals surface area contributed by atoms with Crippen molar-refractivity contribution in [2.45, 2.75) is 19.8 Å². The molecule has 2 N–H and O–H groups in total. The van der Waals surface area contributed by atoms with Crippen LogP contribution in [0.5, 0.6) is 0 Å². The molecule has 0 amide bonds. The van der Waals surface area contributed by atoms with Crippen molar-refractivity contribution < 1.29 is 4.74 Å². The lowest BCUT2D eigenvalue weighted by Crippen LogP contribution is -2.13. The van der Waals surface area contributed by atoms with Crippen molar-refractivity contribution in [3.8, 4) is 5.95 Å². The average molecular weight is 291 g/mol. The third-order valence-electron chi connectivity index (χ3n) is 2.65. The molecule has 8 heteroatoms. The molecule has 0 aliphatic carbocycles. The summed E-state index contributed by atoms with van der Waals surface area (Å²) in [4.78, 5) is 12.9. The van der Waals surface area contributed by atoms with Crippen LogP contribution < -0.4 is 10.6 Å². The van der Waals surface area contributed by atoms with Crippen molar-refractivity contribution in [2.75, 3.05) is 37.4 Å². The number of rotatable bonds is 9. The predicted molar refractivity (Wildman–Crippen MR) is 80.7 cm³/mol. The highest BCUT2D eigenvalue weighted by Gasteiger charge is 2.07. The summed E-state index contributed by atoms with van der Waals surface area (Å²) in [7, 11) is 1.77. The Hall–Kier alpha value is -2.22. The third kappa shape index (κ3) is 4.67. The van der Waals surface area contributed by atoms with Gasteiger partial charge in [0.1, 0.15) is 0 Å². The average Bonchev–Trinajstić information content (AvgIpc) is 3.05. The minimum Gasteiger partial charge on any atom is -0.381 e. The zero-order chi connectivity index (χ0) is 14.9. The highest BCUT2D eigenvalue weighted by molar-refractivity contribution is 5.37. The molecular weight excluding hydrogens is 270 g/mol. The molecule has 114 valence electrons. The molecule has 0 fully saturated rings. The first kappa shape index (κ1) is 15.2. The quantitative estimate of drug-likeness (QED) is 0.673. The molecule has 8 nitrogen and oxygen atoms in total. The Labute approximate surface area is 124 Å². The third-order valence-corrected chi connectivity index (χ3v) is 2.65. The fourth-order valence-electron chi connectivity index (χ4n) is 1.67. The van der Waals surface area contributed by atoms with E-state index in [0.717, 1.165) is 32.6 Å². The van der Waals surface area contributed by atoms with Crippen LogP contribution in [0.1, 0.15) is 19.8 Å². The van der Waals surface area contributed by atoms with Gasteiger partial charge in [0.25, 0.3) is 5.95 Å². The van der Waals surface area contributed by atoms with Crippen LogP contribution in [-0.2, 0) is 4.74 Å². The summed E-state index contributed by atoms with van der Waals surface area (Å²) in [6, 6.07) is 1.82. The molecule has 2 rings (SSSR count). The predicted octanol–water partition coefficient (Wildman–Crippen LogP) is 1.33. The first-order valence-corrected chi connectivity index (χ1v) is 7.09. The van der Waals surface area contributed by atoms with Crippen LogP contribution in [0.25, 0.3) is 5.95 Å². The first-order valence-electron chi connectivity index (χ1n) is 7.09. The Morgan fingerprint density at radius 2 is 2.05 bits per heavy atom. The molecule has 0 aromatic carbocycles. The van der Waals surface area contributed by atoms with Crippen LogP contribution in [-0.4, -0.2) is 51.5 Å². The molecule has 2 aromatic rings. The molecular formula is C13H21N7O. The van der Waals surface area contributed by atoms with Crippen LogP contribution in [0.2, 0.25) is 0 Å². The number of anilines is 2. The van der Waals surface area contributed by atoms with Gasteiger partial charge < -0.3 is 15.4 Å². The summed E-state index contributed by atoms with van der Waals surface area (Å²) < 4.78 is 7.02. The summed E-state index contributed by atoms with van der Waals surface area (Å²) in [6.45, 7) is 4.38. The van der Waals surface area contributed by atoms with Crippen molar-refractivity contribution in [3.05, 3.63) is 18.5 Å². The number of hydrogen-bond acceptors (Lipinski definition) is 7. The second-order valence-electron chi connectivity index (χ2n) is 4.38. The van der Waals surface area contributed by atoms with Crippen molar-refractivity contribution in [1.82, 2.24) is 24.7 Å². The van der Waals surface area contributed by atoms with Crippen LogP contribution in [0.3, 0.4) is 0 Å². The molecule has 2 heterocycles. The van der Waals surface area contributed by atoms with Gasteiger partial charge >= 0.3 is 0 Å². The molecule has 0 radical (unpaired) electrons. The molecule has 0 aliphatic rings. The maximum atomic E-state index is 5.43.